The third-order valence-corrected chi connectivity index (χ3v) is 3.19. The van der Waals surface area contributed by atoms with Gasteiger partial charge in [0.15, 0.2) is 6.61 Å². The first-order valence-corrected chi connectivity index (χ1v) is 7.03. The molecule has 0 aliphatic carbocycles. The van der Waals surface area contributed by atoms with Crippen LogP contribution in [0.25, 0.3) is 0 Å². The Balaban J connectivity index is 2.03. The van der Waals surface area contributed by atoms with Gasteiger partial charge < -0.3 is 20.5 Å². The first-order valence-electron chi connectivity index (χ1n) is 6.65. The number of hydrogen-bond donors (Lipinski definition) is 2. The number of primary amides is 1. The number of anilines is 1. The average Bonchev–Trinajstić information content (AvgIpc) is 2.54. The van der Waals surface area contributed by atoms with E-state index in [1.807, 2.05) is 0 Å². The number of amides is 2. The fraction of sp³-hybridized carbons (Fsp3) is 0.125. The number of ether oxygens (including phenoxy) is 2. The standard InChI is InChI=1S/C16H15ClN2O4/c1-22-12-6-7-13(16(18)21)14(8-12)23-9-15(20)19-11-4-2-10(17)3-5-11/h2-8H,9H2,1H3,(H2,18,21)(H,19,20). The SMILES string of the molecule is COc1ccc(C(N)=O)c(OCC(=O)Nc2ccc(Cl)cc2)c1. The van der Waals surface area contributed by atoms with Crippen LogP contribution in [0.15, 0.2) is 42.5 Å². The number of hydrogen-bond acceptors (Lipinski definition) is 4. The van der Waals surface area contributed by atoms with Crippen LogP contribution < -0.4 is 20.5 Å². The van der Waals surface area contributed by atoms with Crippen LogP contribution in [0.2, 0.25) is 5.02 Å². The lowest BCUT2D eigenvalue weighted by Crippen LogP contribution is -2.21. The molecule has 0 radical (unpaired) electrons. The quantitative estimate of drug-likeness (QED) is 0.849. The Labute approximate surface area is 138 Å². The molecule has 2 amide bonds. The van der Waals surface area contributed by atoms with E-state index in [0.717, 1.165) is 0 Å². The van der Waals surface area contributed by atoms with Crippen molar-refractivity contribution in [3.05, 3.63) is 53.1 Å². The summed E-state index contributed by atoms with van der Waals surface area (Å²) in [6.07, 6.45) is 0. The summed E-state index contributed by atoms with van der Waals surface area (Å²) in [6, 6.07) is 11.2. The second kappa shape index (κ2) is 7.51. The van der Waals surface area contributed by atoms with E-state index in [1.54, 1.807) is 30.3 Å². The summed E-state index contributed by atoms with van der Waals surface area (Å²) in [7, 11) is 1.48. The van der Waals surface area contributed by atoms with Crippen LogP contribution in [0.4, 0.5) is 5.69 Å². The van der Waals surface area contributed by atoms with E-state index in [-0.39, 0.29) is 23.8 Å². The summed E-state index contributed by atoms with van der Waals surface area (Å²) in [5.41, 5.74) is 6.04. The highest BCUT2D eigenvalue weighted by Crippen LogP contribution is 2.24. The molecule has 2 aromatic rings. The lowest BCUT2D eigenvalue weighted by Gasteiger charge is -2.11. The summed E-state index contributed by atoms with van der Waals surface area (Å²) >= 11 is 5.77. The van der Waals surface area contributed by atoms with E-state index in [9.17, 15) is 9.59 Å². The highest BCUT2D eigenvalue weighted by atomic mass is 35.5. The van der Waals surface area contributed by atoms with Gasteiger partial charge in [-0.2, -0.15) is 0 Å². The van der Waals surface area contributed by atoms with Crippen molar-refractivity contribution in [2.24, 2.45) is 5.73 Å². The third kappa shape index (κ3) is 4.62. The fourth-order valence-corrected chi connectivity index (χ4v) is 1.95. The molecule has 23 heavy (non-hydrogen) atoms. The predicted octanol–water partition coefficient (Wildman–Crippen LogP) is 2.46. The maximum absolute atomic E-state index is 11.9. The molecular weight excluding hydrogens is 320 g/mol. The van der Waals surface area contributed by atoms with E-state index in [2.05, 4.69) is 5.32 Å². The number of rotatable bonds is 6. The molecule has 0 spiro atoms. The highest BCUT2D eigenvalue weighted by molar-refractivity contribution is 6.30. The van der Waals surface area contributed by atoms with Crippen LogP contribution in [-0.2, 0) is 4.79 Å². The molecule has 0 bridgehead atoms. The second-order valence-corrected chi connectivity index (χ2v) is 5.01. The molecule has 0 saturated carbocycles. The summed E-state index contributed by atoms with van der Waals surface area (Å²) in [5, 5.41) is 3.22. The number of nitrogens with two attached hydrogens (primary N) is 1. The highest BCUT2D eigenvalue weighted by Gasteiger charge is 2.12. The van der Waals surface area contributed by atoms with Gasteiger partial charge >= 0.3 is 0 Å². The summed E-state index contributed by atoms with van der Waals surface area (Å²) in [5.74, 6) is -0.363. The Hall–Kier alpha value is -2.73. The Kier molecular flexibility index (Phi) is 5.43. The van der Waals surface area contributed by atoms with Crippen LogP contribution in [0.5, 0.6) is 11.5 Å². The van der Waals surface area contributed by atoms with Crippen LogP contribution >= 0.6 is 11.6 Å². The zero-order valence-electron chi connectivity index (χ0n) is 12.3. The zero-order valence-corrected chi connectivity index (χ0v) is 13.1. The topological polar surface area (TPSA) is 90.7 Å². The van der Waals surface area contributed by atoms with E-state index < -0.39 is 5.91 Å². The van der Waals surface area contributed by atoms with Gasteiger partial charge in [-0.1, -0.05) is 11.6 Å². The van der Waals surface area contributed by atoms with Crippen LogP contribution in [-0.4, -0.2) is 25.5 Å². The van der Waals surface area contributed by atoms with Crippen LogP contribution in [0.3, 0.4) is 0 Å². The Bertz CT molecular complexity index is 717. The molecule has 0 saturated heterocycles. The largest absolute Gasteiger partial charge is 0.497 e. The summed E-state index contributed by atoms with van der Waals surface area (Å²) in [4.78, 5) is 23.3. The van der Waals surface area contributed by atoms with E-state index in [1.165, 1.54) is 19.2 Å². The van der Waals surface area contributed by atoms with Crippen molar-refractivity contribution in [3.8, 4) is 11.5 Å². The van der Waals surface area contributed by atoms with Gasteiger partial charge in [-0.15, -0.1) is 0 Å². The van der Waals surface area contributed by atoms with Crippen LogP contribution in [0, 0.1) is 0 Å². The Morgan fingerprint density at radius 3 is 2.48 bits per heavy atom. The normalized spacial score (nSPS) is 10.0. The number of halogens is 1. The van der Waals surface area contributed by atoms with Gasteiger partial charge in [-0.3, -0.25) is 9.59 Å². The maximum Gasteiger partial charge on any atom is 0.262 e. The molecule has 0 unspecified atom stereocenters. The fourth-order valence-electron chi connectivity index (χ4n) is 1.83. The smallest absolute Gasteiger partial charge is 0.262 e. The van der Waals surface area contributed by atoms with Crippen molar-refractivity contribution in [2.45, 2.75) is 0 Å². The minimum absolute atomic E-state index is 0.171. The molecule has 7 heteroatoms. The second-order valence-electron chi connectivity index (χ2n) is 4.57. The summed E-state index contributed by atoms with van der Waals surface area (Å²) in [6.45, 7) is -0.282. The van der Waals surface area contributed by atoms with Gasteiger partial charge in [0.2, 0.25) is 0 Å². The molecule has 0 aromatic heterocycles. The van der Waals surface area contributed by atoms with E-state index in [0.29, 0.717) is 16.5 Å². The number of benzene rings is 2. The lowest BCUT2D eigenvalue weighted by atomic mass is 10.2. The molecule has 6 nitrogen and oxygen atoms in total. The molecule has 120 valence electrons. The number of carbonyl (C=O) groups is 2. The van der Waals surface area contributed by atoms with Gasteiger partial charge in [0.1, 0.15) is 11.5 Å². The molecule has 0 atom stereocenters. The number of methoxy groups -OCH3 is 1. The molecule has 3 N–H and O–H groups in total. The third-order valence-electron chi connectivity index (χ3n) is 2.94. The van der Waals surface area contributed by atoms with Gasteiger partial charge in [-0.25, -0.2) is 0 Å². The Morgan fingerprint density at radius 1 is 1.17 bits per heavy atom. The van der Waals surface area contributed by atoms with Crippen molar-refractivity contribution in [2.75, 3.05) is 19.0 Å². The molecule has 0 heterocycles. The van der Waals surface area contributed by atoms with Crippen molar-refractivity contribution in [3.63, 3.8) is 0 Å². The number of nitrogens with one attached hydrogen (secondary N) is 1. The summed E-state index contributed by atoms with van der Waals surface area (Å²) < 4.78 is 10.4. The minimum Gasteiger partial charge on any atom is -0.497 e. The monoisotopic (exact) mass is 334 g/mol. The van der Waals surface area contributed by atoms with Crippen LogP contribution in [0.1, 0.15) is 10.4 Å². The van der Waals surface area contributed by atoms with Gasteiger partial charge in [0.25, 0.3) is 11.8 Å². The molecule has 0 fully saturated rings. The molecular formula is C16H15ClN2O4. The van der Waals surface area contributed by atoms with Gasteiger partial charge in [0.05, 0.1) is 12.7 Å². The average molecular weight is 335 g/mol. The first kappa shape index (κ1) is 16.6. The predicted molar refractivity (Wildman–Crippen MR) is 87.1 cm³/mol. The minimum atomic E-state index is -0.652. The molecule has 0 aliphatic rings. The van der Waals surface area contributed by atoms with Crippen molar-refractivity contribution in [1.82, 2.24) is 0 Å². The van der Waals surface area contributed by atoms with Gasteiger partial charge in [0, 0.05) is 16.8 Å². The van der Waals surface area contributed by atoms with Crippen molar-refractivity contribution < 1.29 is 19.1 Å². The molecule has 2 rings (SSSR count). The lowest BCUT2D eigenvalue weighted by molar-refractivity contribution is -0.118. The van der Waals surface area contributed by atoms with E-state index >= 15 is 0 Å². The van der Waals surface area contributed by atoms with Crippen molar-refractivity contribution >= 4 is 29.1 Å². The van der Waals surface area contributed by atoms with Crippen molar-refractivity contribution in [1.29, 1.82) is 0 Å². The Morgan fingerprint density at radius 2 is 1.87 bits per heavy atom. The zero-order chi connectivity index (χ0) is 16.8. The molecule has 2 aromatic carbocycles. The molecule has 0 aliphatic heterocycles. The number of carbonyl (C=O) groups excluding carboxylic acids is 2. The first-order chi connectivity index (χ1) is 11.0. The van der Waals surface area contributed by atoms with E-state index in [4.69, 9.17) is 26.8 Å². The van der Waals surface area contributed by atoms with Gasteiger partial charge in [-0.05, 0) is 36.4 Å². The maximum atomic E-state index is 11.9.